The fourth-order valence-corrected chi connectivity index (χ4v) is 2.13. The number of hydrogen-bond donors (Lipinski definition) is 1. The van der Waals surface area contributed by atoms with E-state index in [1.807, 2.05) is 13.2 Å². The summed E-state index contributed by atoms with van der Waals surface area (Å²) in [5.74, 6) is -0.416. The van der Waals surface area contributed by atoms with Crippen molar-refractivity contribution in [3.8, 4) is 6.07 Å². The lowest BCUT2D eigenvalue weighted by Crippen LogP contribution is -2.04. The molecule has 5 nitrogen and oxygen atoms in total. The van der Waals surface area contributed by atoms with Gasteiger partial charge < -0.3 is 14.6 Å². The lowest BCUT2D eigenvalue weighted by molar-refractivity contribution is 0.0601. The molecule has 2 aromatic rings. The SMILES string of the molecule is COC(=O)c1ccc(Cl)c(NCc2cc(C#N)n(C)c2)c1. The molecule has 108 valence electrons. The summed E-state index contributed by atoms with van der Waals surface area (Å²) in [6, 6.07) is 8.79. The van der Waals surface area contributed by atoms with Gasteiger partial charge in [-0.15, -0.1) is 0 Å². The minimum atomic E-state index is -0.416. The summed E-state index contributed by atoms with van der Waals surface area (Å²) in [6.07, 6.45) is 1.86. The predicted octanol–water partition coefficient (Wildman–Crippen LogP) is 2.95. The Morgan fingerprint density at radius 2 is 2.24 bits per heavy atom. The smallest absolute Gasteiger partial charge is 0.337 e. The van der Waals surface area contributed by atoms with Crippen molar-refractivity contribution in [2.45, 2.75) is 6.54 Å². The Balaban J connectivity index is 2.15. The van der Waals surface area contributed by atoms with E-state index < -0.39 is 5.97 Å². The van der Waals surface area contributed by atoms with Crippen molar-refractivity contribution in [3.63, 3.8) is 0 Å². The Kier molecular flexibility index (Phi) is 4.51. The minimum Gasteiger partial charge on any atom is -0.465 e. The van der Waals surface area contributed by atoms with E-state index in [0.29, 0.717) is 28.5 Å². The zero-order valence-electron chi connectivity index (χ0n) is 11.7. The van der Waals surface area contributed by atoms with E-state index >= 15 is 0 Å². The standard InChI is InChI=1S/C15H14ClN3O2/c1-19-9-10(5-12(19)7-17)8-18-14-6-11(15(20)21-2)3-4-13(14)16/h3-6,9,18H,8H2,1-2H3. The molecule has 21 heavy (non-hydrogen) atoms. The van der Waals surface area contributed by atoms with Crippen molar-refractivity contribution in [1.29, 1.82) is 5.26 Å². The average Bonchev–Trinajstić information content (AvgIpc) is 2.85. The van der Waals surface area contributed by atoms with Gasteiger partial charge in [0.2, 0.25) is 0 Å². The van der Waals surface area contributed by atoms with E-state index in [1.54, 1.807) is 28.8 Å². The van der Waals surface area contributed by atoms with Gasteiger partial charge in [-0.25, -0.2) is 4.79 Å². The van der Waals surface area contributed by atoms with Crippen molar-refractivity contribution >= 4 is 23.3 Å². The molecule has 1 N–H and O–H groups in total. The molecule has 1 aromatic heterocycles. The van der Waals surface area contributed by atoms with Gasteiger partial charge in [0.15, 0.2) is 0 Å². The number of rotatable bonds is 4. The van der Waals surface area contributed by atoms with E-state index in [4.69, 9.17) is 16.9 Å². The molecular formula is C15H14ClN3O2. The summed E-state index contributed by atoms with van der Waals surface area (Å²) >= 11 is 6.10. The van der Waals surface area contributed by atoms with Crippen LogP contribution in [0.3, 0.4) is 0 Å². The number of nitrogens with one attached hydrogen (secondary N) is 1. The van der Waals surface area contributed by atoms with Gasteiger partial charge >= 0.3 is 5.97 Å². The van der Waals surface area contributed by atoms with Crippen molar-refractivity contribution in [2.75, 3.05) is 12.4 Å². The third-order valence-electron chi connectivity index (χ3n) is 3.05. The number of hydrogen-bond acceptors (Lipinski definition) is 4. The van der Waals surface area contributed by atoms with Crippen molar-refractivity contribution in [1.82, 2.24) is 4.57 Å². The van der Waals surface area contributed by atoms with Gasteiger partial charge in [-0.1, -0.05) is 11.6 Å². The molecule has 1 aromatic carbocycles. The molecule has 2 rings (SSSR count). The van der Waals surface area contributed by atoms with Crippen LogP contribution in [0.25, 0.3) is 0 Å². The number of carbonyl (C=O) groups excluding carboxylic acids is 1. The molecule has 0 saturated carbocycles. The maximum atomic E-state index is 11.5. The largest absolute Gasteiger partial charge is 0.465 e. The van der Waals surface area contributed by atoms with Crippen molar-refractivity contribution in [3.05, 3.63) is 52.3 Å². The number of aromatic nitrogens is 1. The Morgan fingerprint density at radius 3 is 2.86 bits per heavy atom. The van der Waals surface area contributed by atoms with Crippen LogP contribution in [0.2, 0.25) is 5.02 Å². The van der Waals surface area contributed by atoms with E-state index in [1.165, 1.54) is 7.11 Å². The Morgan fingerprint density at radius 1 is 1.48 bits per heavy atom. The van der Waals surface area contributed by atoms with Crippen LogP contribution in [0.4, 0.5) is 5.69 Å². The first-order chi connectivity index (χ1) is 10.0. The number of carbonyl (C=O) groups is 1. The molecule has 0 aliphatic rings. The van der Waals surface area contributed by atoms with Crippen LogP contribution in [0.5, 0.6) is 0 Å². The van der Waals surface area contributed by atoms with Crippen LogP contribution < -0.4 is 5.32 Å². The second-order valence-corrected chi connectivity index (χ2v) is 4.90. The minimum absolute atomic E-state index is 0.416. The third kappa shape index (κ3) is 3.36. The van der Waals surface area contributed by atoms with Gasteiger partial charge in [-0.2, -0.15) is 5.26 Å². The van der Waals surface area contributed by atoms with Gasteiger partial charge in [0.05, 0.1) is 23.4 Å². The number of ether oxygens (including phenoxy) is 1. The van der Waals surface area contributed by atoms with Crippen LogP contribution in [-0.2, 0) is 18.3 Å². The highest BCUT2D eigenvalue weighted by Gasteiger charge is 2.09. The van der Waals surface area contributed by atoms with Crippen molar-refractivity contribution < 1.29 is 9.53 Å². The highest BCUT2D eigenvalue weighted by atomic mass is 35.5. The molecule has 0 radical (unpaired) electrons. The van der Waals surface area contributed by atoms with E-state index in [0.717, 1.165) is 5.56 Å². The normalized spacial score (nSPS) is 10.0. The van der Waals surface area contributed by atoms with E-state index in [9.17, 15) is 4.79 Å². The first-order valence-electron chi connectivity index (χ1n) is 6.22. The summed E-state index contributed by atoms with van der Waals surface area (Å²) in [5.41, 5.74) is 2.60. The van der Waals surface area contributed by atoms with Crippen LogP contribution in [0.1, 0.15) is 21.6 Å². The molecule has 0 fully saturated rings. The number of benzene rings is 1. The van der Waals surface area contributed by atoms with Crippen LogP contribution in [0, 0.1) is 11.3 Å². The van der Waals surface area contributed by atoms with E-state index in [2.05, 4.69) is 16.1 Å². The highest BCUT2D eigenvalue weighted by Crippen LogP contribution is 2.24. The maximum absolute atomic E-state index is 11.5. The highest BCUT2D eigenvalue weighted by molar-refractivity contribution is 6.33. The zero-order chi connectivity index (χ0) is 15.4. The first-order valence-corrected chi connectivity index (χ1v) is 6.60. The fraction of sp³-hybridized carbons (Fsp3) is 0.200. The molecule has 0 bridgehead atoms. The average molecular weight is 304 g/mol. The molecule has 0 saturated heterocycles. The Bertz CT molecular complexity index is 716. The number of methoxy groups -OCH3 is 1. The van der Waals surface area contributed by atoms with Crippen LogP contribution in [0.15, 0.2) is 30.5 Å². The zero-order valence-corrected chi connectivity index (χ0v) is 12.4. The van der Waals surface area contributed by atoms with Crippen LogP contribution in [-0.4, -0.2) is 17.6 Å². The molecular weight excluding hydrogens is 290 g/mol. The summed E-state index contributed by atoms with van der Waals surface area (Å²) in [7, 11) is 3.14. The van der Waals surface area contributed by atoms with Gasteiger partial charge in [0.1, 0.15) is 11.8 Å². The molecule has 0 aliphatic carbocycles. The second kappa shape index (κ2) is 6.33. The molecule has 0 unspecified atom stereocenters. The summed E-state index contributed by atoms with van der Waals surface area (Å²) in [6.45, 7) is 0.500. The first kappa shape index (κ1) is 14.9. The monoisotopic (exact) mass is 303 g/mol. The van der Waals surface area contributed by atoms with Gasteiger partial charge in [0.25, 0.3) is 0 Å². The molecule has 0 spiro atoms. The fourth-order valence-electron chi connectivity index (χ4n) is 1.94. The Labute approximate surface area is 127 Å². The predicted molar refractivity (Wildman–Crippen MR) is 80.2 cm³/mol. The molecule has 0 atom stereocenters. The number of aryl methyl sites for hydroxylation is 1. The summed E-state index contributed by atoms with van der Waals surface area (Å²) in [5, 5.41) is 12.6. The van der Waals surface area contributed by atoms with Gasteiger partial charge in [-0.05, 0) is 29.8 Å². The quantitative estimate of drug-likeness (QED) is 0.882. The molecule has 0 amide bonds. The van der Waals surface area contributed by atoms with E-state index in [-0.39, 0.29) is 0 Å². The Hall–Kier alpha value is -2.45. The number of esters is 1. The number of halogens is 1. The topological polar surface area (TPSA) is 67.0 Å². The van der Waals surface area contributed by atoms with Gasteiger partial charge in [0, 0.05) is 19.8 Å². The van der Waals surface area contributed by atoms with Gasteiger partial charge in [-0.3, -0.25) is 0 Å². The summed E-state index contributed by atoms with van der Waals surface area (Å²) < 4.78 is 6.43. The number of nitriles is 1. The third-order valence-corrected chi connectivity index (χ3v) is 3.38. The molecule has 1 heterocycles. The number of anilines is 1. The second-order valence-electron chi connectivity index (χ2n) is 4.50. The number of nitrogens with zero attached hydrogens (tertiary/aromatic N) is 2. The maximum Gasteiger partial charge on any atom is 0.337 e. The summed E-state index contributed by atoms with van der Waals surface area (Å²) in [4.78, 5) is 11.5. The van der Waals surface area contributed by atoms with Crippen LogP contribution >= 0.6 is 11.6 Å². The molecule has 6 heteroatoms. The van der Waals surface area contributed by atoms with Crippen molar-refractivity contribution in [2.24, 2.45) is 7.05 Å². The lowest BCUT2D eigenvalue weighted by Gasteiger charge is -2.09. The lowest BCUT2D eigenvalue weighted by atomic mass is 10.2. The molecule has 0 aliphatic heterocycles.